The Morgan fingerprint density at radius 1 is 1.20 bits per heavy atom. The molecule has 0 fully saturated rings. The van der Waals surface area contributed by atoms with Gasteiger partial charge in [0.2, 0.25) is 0 Å². The van der Waals surface area contributed by atoms with Crippen molar-refractivity contribution in [3.8, 4) is 5.69 Å². The van der Waals surface area contributed by atoms with Crippen LogP contribution in [0.1, 0.15) is 42.0 Å². The molecule has 0 aliphatic rings. The lowest BCUT2D eigenvalue weighted by molar-refractivity contribution is -0.137. The van der Waals surface area contributed by atoms with Crippen LogP contribution >= 0.6 is 23.2 Å². The van der Waals surface area contributed by atoms with Crippen molar-refractivity contribution in [1.29, 1.82) is 0 Å². The van der Waals surface area contributed by atoms with Gasteiger partial charge >= 0.3 is 12.1 Å². The Morgan fingerprint density at radius 3 is 2.28 bits per heavy atom. The lowest BCUT2D eigenvalue weighted by Crippen LogP contribution is -2.13. The maximum absolute atomic E-state index is 12.9. The van der Waals surface area contributed by atoms with E-state index in [1.165, 1.54) is 6.07 Å². The number of benzene rings is 1. The Kier molecular flexibility index (Phi) is 6.00. The van der Waals surface area contributed by atoms with Crippen LogP contribution in [0.3, 0.4) is 0 Å². The number of esters is 1. The molecule has 0 saturated heterocycles. The molecule has 0 unspecified atom stereocenters. The monoisotopic (exact) mass is 394 g/mol. The lowest BCUT2D eigenvalue weighted by atomic mass is 10.2. The molecular weight excluding hydrogens is 380 g/mol. The van der Waals surface area contributed by atoms with Gasteiger partial charge in [0.1, 0.15) is 5.69 Å². The summed E-state index contributed by atoms with van der Waals surface area (Å²) in [6.07, 6.45) is -3.24. The smallest absolute Gasteiger partial charge is 0.416 e. The minimum Gasteiger partial charge on any atom is -0.461 e. The highest BCUT2D eigenvalue weighted by molar-refractivity contribution is 6.38. The first kappa shape index (κ1) is 19.6. The predicted molar refractivity (Wildman–Crippen MR) is 88.5 cm³/mol. The van der Waals surface area contributed by atoms with E-state index < -0.39 is 17.7 Å². The van der Waals surface area contributed by atoms with Gasteiger partial charge < -0.3 is 4.74 Å². The van der Waals surface area contributed by atoms with E-state index in [9.17, 15) is 18.0 Å². The van der Waals surface area contributed by atoms with E-state index in [1.54, 1.807) is 6.92 Å². The van der Waals surface area contributed by atoms with Crippen molar-refractivity contribution in [2.75, 3.05) is 6.61 Å². The number of carbonyl (C=O) groups is 1. The molecule has 0 atom stereocenters. The molecule has 0 bridgehead atoms. The van der Waals surface area contributed by atoms with Gasteiger partial charge in [-0.3, -0.25) is 0 Å². The average molecular weight is 395 g/mol. The van der Waals surface area contributed by atoms with Crippen LogP contribution in [0.4, 0.5) is 13.2 Å². The zero-order chi connectivity index (χ0) is 18.8. The fourth-order valence-electron chi connectivity index (χ4n) is 2.26. The summed E-state index contributed by atoms with van der Waals surface area (Å²) in [5, 5.41) is 3.72. The Balaban J connectivity index is 2.63. The fourth-order valence-corrected chi connectivity index (χ4v) is 2.91. The van der Waals surface area contributed by atoms with Crippen LogP contribution in [0, 0.1) is 0 Å². The Morgan fingerprint density at radius 2 is 1.80 bits per heavy atom. The lowest BCUT2D eigenvalue weighted by Gasteiger charge is -2.14. The molecule has 0 saturated carbocycles. The first-order valence-electron chi connectivity index (χ1n) is 7.51. The normalized spacial score (nSPS) is 11.6. The SMILES string of the molecule is CCCc1cc(C(=O)OCC)n(-c2c(Cl)cc(C(F)(F)F)cc2Cl)n1. The largest absolute Gasteiger partial charge is 0.461 e. The molecule has 0 aliphatic heterocycles. The summed E-state index contributed by atoms with van der Waals surface area (Å²) in [4.78, 5) is 12.2. The number of aromatic nitrogens is 2. The number of hydrogen-bond donors (Lipinski definition) is 0. The molecule has 0 aliphatic carbocycles. The molecule has 25 heavy (non-hydrogen) atoms. The van der Waals surface area contributed by atoms with E-state index in [4.69, 9.17) is 27.9 Å². The second-order valence-corrected chi connectivity index (χ2v) is 6.00. The van der Waals surface area contributed by atoms with Crippen molar-refractivity contribution in [2.24, 2.45) is 0 Å². The summed E-state index contributed by atoms with van der Waals surface area (Å²) in [5.74, 6) is -0.663. The predicted octanol–water partition coefficient (Wildman–Crippen LogP) is 5.33. The molecule has 0 N–H and O–H groups in total. The van der Waals surface area contributed by atoms with Gasteiger partial charge in [0, 0.05) is 0 Å². The third-order valence-corrected chi connectivity index (χ3v) is 3.88. The van der Waals surface area contributed by atoms with Crippen LogP contribution in [-0.4, -0.2) is 22.4 Å². The number of carbonyl (C=O) groups excluding carboxylic acids is 1. The first-order chi connectivity index (χ1) is 11.7. The van der Waals surface area contributed by atoms with Crippen molar-refractivity contribution >= 4 is 29.2 Å². The molecule has 1 heterocycles. The van der Waals surface area contributed by atoms with Gasteiger partial charge in [-0.05, 0) is 31.5 Å². The van der Waals surface area contributed by atoms with Crippen molar-refractivity contribution in [2.45, 2.75) is 32.9 Å². The molecule has 1 aromatic heterocycles. The van der Waals surface area contributed by atoms with Gasteiger partial charge in [-0.1, -0.05) is 36.5 Å². The second kappa shape index (κ2) is 7.66. The van der Waals surface area contributed by atoms with Gasteiger partial charge in [-0.15, -0.1) is 0 Å². The highest BCUT2D eigenvalue weighted by Gasteiger charge is 2.33. The van der Waals surface area contributed by atoms with E-state index in [0.29, 0.717) is 12.1 Å². The summed E-state index contributed by atoms with van der Waals surface area (Å²) in [5.41, 5.74) is -0.349. The summed E-state index contributed by atoms with van der Waals surface area (Å²) in [6, 6.07) is 3.02. The summed E-state index contributed by atoms with van der Waals surface area (Å²) in [7, 11) is 0. The first-order valence-corrected chi connectivity index (χ1v) is 8.27. The van der Waals surface area contributed by atoms with Gasteiger partial charge in [0.05, 0.1) is 27.9 Å². The third-order valence-electron chi connectivity index (χ3n) is 3.31. The average Bonchev–Trinajstić information content (AvgIpc) is 2.90. The van der Waals surface area contributed by atoms with Crippen LogP contribution in [0.15, 0.2) is 18.2 Å². The molecule has 136 valence electrons. The van der Waals surface area contributed by atoms with Gasteiger partial charge in [-0.25, -0.2) is 9.48 Å². The molecule has 0 amide bonds. The molecular formula is C16H15Cl2F3N2O2. The maximum atomic E-state index is 12.9. The summed E-state index contributed by atoms with van der Waals surface area (Å²) in [6.45, 7) is 3.71. The Labute approximate surface area is 152 Å². The van der Waals surface area contributed by atoms with E-state index in [1.807, 2.05) is 6.92 Å². The van der Waals surface area contributed by atoms with E-state index in [2.05, 4.69) is 5.10 Å². The summed E-state index contributed by atoms with van der Waals surface area (Å²) < 4.78 is 44.7. The van der Waals surface area contributed by atoms with E-state index >= 15 is 0 Å². The second-order valence-electron chi connectivity index (χ2n) is 5.19. The van der Waals surface area contributed by atoms with Crippen LogP contribution < -0.4 is 0 Å². The maximum Gasteiger partial charge on any atom is 0.416 e. The van der Waals surface area contributed by atoms with Crippen molar-refractivity contribution < 1.29 is 22.7 Å². The Bertz CT molecular complexity index is 765. The minimum atomic E-state index is -4.59. The fraction of sp³-hybridized carbons (Fsp3) is 0.375. The number of alkyl halides is 3. The number of rotatable bonds is 5. The van der Waals surface area contributed by atoms with Crippen LogP contribution in [0.2, 0.25) is 10.0 Å². The number of aryl methyl sites for hydroxylation is 1. The number of halogens is 5. The number of hydrogen-bond acceptors (Lipinski definition) is 3. The molecule has 0 radical (unpaired) electrons. The zero-order valence-electron chi connectivity index (χ0n) is 13.5. The minimum absolute atomic E-state index is 0.00161. The zero-order valence-corrected chi connectivity index (χ0v) is 15.0. The highest BCUT2D eigenvalue weighted by Crippen LogP contribution is 2.37. The Hall–Kier alpha value is -1.73. The van der Waals surface area contributed by atoms with Crippen molar-refractivity contribution in [3.05, 3.63) is 45.2 Å². The molecule has 1 aromatic carbocycles. The van der Waals surface area contributed by atoms with Crippen LogP contribution in [0.25, 0.3) is 5.69 Å². The molecule has 2 aromatic rings. The van der Waals surface area contributed by atoms with Crippen LogP contribution in [-0.2, 0) is 17.3 Å². The van der Waals surface area contributed by atoms with Crippen LogP contribution in [0.5, 0.6) is 0 Å². The molecule has 2 rings (SSSR count). The quantitative estimate of drug-likeness (QED) is 0.643. The highest BCUT2D eigenvalue weighted by atomic mass is 35.5. The van der Waals surface area contributed by atoms with E-state index in [0.717, 1.165) is 23.2 Å². The van der Waals surface area contributed by atoms with E-state index in [-0.39, 0.29) is 28.0 Å². The third kappa shape index (κ3) is 4.27. The van der Waals surface area contributed by atoms with Gasteiger partial charge in [0.25, 0.3) is 0 Å². The number of nitrogens with zero attached hydrogens (tertiary/aromatic N) is 2. The topological polar surface area (TPSA) is 44.1 Å². The van der Waals surface area contributed by atoms with Gasteiger partial charge in [-0.2, -0.15) is 18.3 Å². The molecule has 0 spiro atoms. The van der Waals surface area contributed by atoms with Gasteiger partial charge in [0.15, 0.2) is 5.69 Å². The molecule has 4 nitrogen and oxygen atoms in total. The standard InChI is InChI=1S/C16H15Cl2F3N2O2/c1-3-5-10-8-13(15(24)25-4-2)23(22-10)14-11(17)6-9(7-12(14)18)16(19,20)21/h6-8H,3-5H2,1-2H3. The van der Waals surface area contributed by atoms with Crippen molar-refractivity contribution in [1.82, 2.24) is 9.78 Å². The molecule has 9 heteroatoms. The number of ether oxygens (including phenoxy) is 1. The van der Waals surface area contributed by atoms with Crippen molar-refractivity contribution in [3.63, 3.8) is 0 Å². The summed E-state index contributed by atoms with van der Waals surface area (Å²) >= 11 is 12.0.